The highest BCUT2D eigenvalue weighted by Gasteiger charge is 1.79. The lowest BCUT2D eigenvalue weighted by molar-refractivity contribution is -0.0979. The van der Waals surface area contributed by atoms with Crippen LogP contribution in [0.3, 0.4) is 0 Å². The molecule has 1 N–H and O–H groups in total. The highest BCUT2D eigenvalue weighted by molar-refractivity contribution is 5.19. The van der Waals surface area contributed by atoms with Crippen molar-refractivity contribution >= 4 is 6.79 Å². The summed E-state index contributed by atoms with van der Waals surface area (Å²) in [4.78, 5) is 8.00. The predicted molar refractivity (Wildman–Crippen MR) is 97.6 cm³/mol. The van der Waals surface area contributed by atoms with E-state index in [0.29, 0.717) is 5.75 Å². The molecular formula is C21H24O2. The van der Waals surface area contributed by atoms with Crippen LogP contribution in [-0.2, 0) is 4.79 Å². The third-order valence-corrected chi connectivity index (χ3v) is 2.64. The second kappa shape index (κ2) is 14.1. The van der Waals surface area contributed by atoms with Crippen LogP contribution >= 0.6 is 0 Å². The van der Waals surface area contributed by atoms with Gasteiger partial charge < -0.3 is 9.90 Å². The molecule has 2 heteroatoms. The SMILES string of the molecule is C=O.Cc1ccc(C)cc1.Oc1ccccc1.c1ccccc1. The van der Waals surface area contributed by atoms with Crippen LogP contribution in [0.4, 0.5) is 0 Å². The van der Waals surface area contributed by atoms with Crippen LogP contribution in [0.2, 0.25) is 0 Å². The van der Waals surface area contributed by atoms with Crippen LogP contribution in [0.1, 0.15) is 11.1 Å². The third-order valence-electron chi connectivity index (χ3n) is 2.64. The number of rotatable bonds is 0. The summed E-state index contributed by atoms with van der Waals surface area (Å²) in [5, 5.41) is 8.63. The first kappa shape index (κ1) is 20.1. The third kappa shape index (κ3) is 12.6. The fourth-order valence-corrected chi connectivity index (χ4v) is 1.45. The zero-order valence-corrected chi connectivity index (χ0v) is 13.7. The number of aryl methyl sites for hydroxylation is 2. The van der Waals surface area contributed by atoms with Gasteiger partial charge >= 0.3 is 0 Å². The van der Waals surface area contributed by atoms with Gasteiger partial charge in [0.1, 0.15) is 12.5 Å². The maximum Gasteiger partial charge on any atom is 0.115 e. The maximum absolute atomic E-state index is 8.63. The fourth-order valence-electron chi connectivity index (χ4n) is 1.45. The van der Waals surface area contributed by atoms with Crippen LogP contribution in [-0.4, -0.2) is 11.9 Å². The van der Waals surface area contributed by atoms with Crippen LogP contribution in [0.5, 0.6) is 5.75 Å². The second-order valence-electron chi connectivity index (χ2n) is 4.64. The molecule has 3 rings (SSSR count). The molecule has 120 valence electrons. The van der Waals surface area contributed by atoms with Crippen molar-refractivity contribution in [3.05, 3.63) is 102 Å². The number of carbonyl (C=O) groups excluding carboxylic acids is 1. The number of phenols is 1. The van der Waals surface area contributed by atoms with Gasteiger partial charge in [0.05, 0.1) is 0 Å². The van der Waals surface area contributed by atoms with E-state index in [1.807, 2.05) is 49.3 Å². The lowest BCUT2D eigenvalue weighted by atomic mass is 10.2. The van der Waals surface area contributed by atoms with Gasteiger partial charge in [0.25, 0.3) is 0 Å². The van der Waals surface area contributed by atoms with Gasteiger partial charge in [-0.25, -0.2) is 0 Å². The van der Waals surface area contributed by atoms with Crippen molar-refractivity contribution in [1.82, 2.24) is 0 Å². The Morgan fingerprint density at radius 3 is 1.04 bits per heavy atom. The molecule has 23 heavy (non-hydrogen) atoms. The van der Waals surface area contributed by atoms with Crippen molar-refractivity contribution in [3.8, 4) is 5.75 Å². The van der Waals surface area contributed by atoms with Crippen molar-refractivity contribution in [2.45, 2.75) is 13.8 Å². The Kier molecular flexibility index (Phi) is 12.3. The summed E-state index contributed by atoms with van der Waals surface area (Å²) in [5.74, 6) is 0.322. The lowest BCUT2D eigenvalue weighted by Gasteiger charge is -1.90. The average Bonchev–Trinajstić information content (AvgIpc) is 2.63. The number of aromatic hydroxyl groups is 1. The molecule has 0 aliphatic rings. The van der Waals surface area contributed by atoms with E-state index in [4.69, 9.17) is 9.90 Å². The van der Waals surface area contributed by atoms with Crippen molar-refractivity contribution < 1.29 is 9.90 Å². The molecule has 0 saturated heterocycles. The van der Waals surface area contributed by atoms with Gasteiger partial charge in [0, 0.05) is 0 Å². The number of hydrogen-bond acceptors (Lipinski definition) is 2. The maximum atomic E-state index is 8.63. The largest absolute Gasteiger partial charge is 0.508 e. The van der Waals surface area contributed by atoms with Gasteiger partial charge in [-0.3, -0.25) is 0 Å². The molecule has 0 amide bonds. The van der Waals surface area contributed by atoms with Gasteiger partial charge in [-0.05, 0) is 26.0 Å². The van der Waals surface area contributed by atoms with E-state index in [2.05, 4.69) is 38.1 Å². The zero-order chi connectivity index (χ0) is 17.3. The lowest BCUT2D eigenvalue weighted by Crippen LogP contribution is -1.70. The molecule has 0 aliphatic carbocycles. The second-order valence-corrected chi connectivity index (χ2v) is 4.64. The van der Waals surface area contributed by atoms with E-state index < -0.39 is 0 Å². The summed E-state index contributed by atoms with van der Waals surface area (Å²) < 4.78 is 0. The van der Waals surface area contributed by atoms with E-state index in [1.165, 1.54) is 11.1 Å². The number of benzene rings is 3. The van der Waals surface area contributed by atoms with E-state index in [-0.39, 0.29) is 0 Å². The molecule has 0 radical (unpaired) electrons. The standard InChI is InChI=1S/C8H10.C6H6O.C6H6.CH2O/c1-7-3-5-8(2)6-4-7;7-6-4-2-1-3-5-6;1-2-4-6-5-3-1;1-2/h3-6H,1-2H3;1-5,7H;1-6H;1H2. The van der Waals surface area contributed by atoms with Gasteiger partial charge in [0.15, 0.2) is 0 Å². The van der Waals surface area contributed by atoms with Crippen molar-refractivity contribution in [2.24, 2.45) is 0 Å². The number of phenolic OH excluding ortho intramolecular Hbond substituents is 1. The first-order chi connectivity index (χ1) is 11.2. The first-order valence-corrected chi connectivity index (χ1v) is 7.24. The van der Waals surface area contributed by atoms with Crippen molar-refractivity contribution in [1.29, 1.82) is 0 Å². The Morgan fingerprint density at radius 1 is 0.565 bits per heavy atom. The van der Waals surface area contributed by atoms with Gasteiger partial charge in [0.2, 0.25) is 0 Å². The molecule has 0 aromatic heterocycles. The molecule has 2 nitrogen and oxygen atoms in total. The van der Waals surface area contributed by atoms with Crippen LogP contribution in [0.15, 0.2) is 91.0 Å². The number of para-hydroxylation sites is 1. The van der Waals surface area contributed by atoms with E-state index in [9.17, 15) is 0 Å². The molecule has 0 atom stereocenters. The molecule has 0 heterocycles. The van der Waals surface area contributed by atoms with E-state index >= 15 is 0 Å². The topological polar surface area (TPSA) is 37.3 Å². The minimum Gasteiger partial charge on any atom is -0.508 e. The Balaban J connectivity index is 0.000000302. The number of hydrogen-bond donors (Lipinski definition) is 1. The van der Waals surface area contributed by atoms with Gasteiger partial charge in [-0.15, -0.1) is 0 Å². The molecule has 0 fully saturated rings. The van der Waals surface area contributed by atoms with Crippen LogP contribution < -0.4 is 0 Å². The Labute approximate surface area is 139 Å². The fraction of sp³-hybridized carbons (Fsp3) is 0.0952. The summed E-state index contributed by atoms with van der Waals surface area (Å²) in [6.07, 6.45) is 0. The summed E-state index contributed by atoms with van der Waals surface area (Å²) in [5.41, 5.74) is 2.66. The van der Waals surface area contributed by atoms with Gasteiger partial charge in [-0.2, -0.15) is 0 Å². The molecule has 3 aromatic rings. The molecule has 0 bridgehead atoms. The molecule has 0 saturated carbocycles. The smallest absolute Gasteiger partial charge is 0.115 e. The van der Waals surface area contributed by atoms with Crippen LogP contribution in [0.25, 0.3) is 0 Å². The molecule has 0 aliphatic heterocycles. The molecule has 0 spiro atoms. The average molecular weight is 308 g/mol. The Morgan fingerprint density at radius 2 is 0.826 bits per heavy atom. The Hall–Kier alpha value is -2.87. The quantitative estimate of drug-likeness (QED) is 0.620. The summed E-state index contributed by atoms with van der Waals surface area (Å²) in [6.45, 7) is 6.19. The predicted octanol–water partition coefficient (Wildman–Crippen LogP) is 5.20. The first-order valence-electron chi connectivity index (χ1n) is 7.24. The molecule has 3 aromatic carbocycles. The van der Waals surface area contributed by atoms with Gasteiger partial charge in [-0.1, -0.05) is 90.0 Å². The highest BCUT2D eigenvalue weighted by atomic mass is 16.3. The Bertz CT molecular complexity index is 542. The molecular weight excluding hydrogens is 284 g/mol. The minimum absolute atomic E-state index is 0.322. The van der Waals surface area contributed by atoms with E-state index in [1.54, 1.807) is 24.3 Å². The van der Waals surface area contributed by atoms with Crippen LogP contribution in [0, 0.1) is 13.8 Å². The van der Waals surface area contributed by atoms with E-state index in [0.717, 1.165) is 0 Å². The summed E-state index contributed by atoms with van der Waals surface area (Å²) in [7, 11) is 0. The summed E-state index contributed by atoms with van der Waals surface area (Å²) >= 11 is 0. The monoisotopic (exact) mass is 308 g/mol. The minimum atomic E-state index is 0.322. The normalized spacial score (nSPS) is 8.09. The highest BCUT2D eigenvalue weighted by Crippen LogP contribution is 2.02. The van der Waals surface area contributed by atoms with Crippen molar-refractivity contribution in [3.63, 3.8) is 0 Å². The zero-order valence-electron chi connectivity index (χ0n) is 13.7. The summed E-state index contributed by atoms with van der Waals surface area (Å²) in [6, 6.07) is 29.2. The molecule has 0 unspecified atom stereocenters. The van der Waals surface area contributed by atoms with Crippen molar-refractivity contribution in [2.75, 3.05) is 0 Å². The number of carbonyl (C=O) groups is 1.